The molecule has 0 spiro atoms. The maximum atomic E-state index is 4.63. The Morgan fingerprint density at radius 1 is 1.15 bits per heavy atom. The van der Waals surface area contributed by atoms with Crippen molar-refractivity contribution in [1.82, 2.24) is 9.97 Å². The minimum Gasteiger partial charge on any atom is -0.341 e. The molecule has 0 bridgehead atoms. The van der Waals surface area contributed by atoms with Gasteiger partial charge >= 0.3 is 0 Å². The molecule has 4 nitrogen and oxygen atoms in total. The highest BCUT2D eigenvalue weighted by molar-refractivity contribution is 9.10. The van der Waals surface area contributed by atoms with Crippen LogP contribution in [-0.4, -0.2) is 23.1 Å². The second-order valence-corrected chi connectivity index (χ2v) is 5.85. The van der Waals surface area contributed by atoms with Gasteiger partial charge in [-0.1, -0.05) is 12.1 Å². The highest BCUT2D eigenvalue weighted by Crippen LogP contribution is 2.26. The average Bonchev–Trinajstić information content (AvgIpc) is 2.95. The van der Waals surface area contributed by atoms with Crippen LogP contribution < -0.4 is 10.2 Å². The molecular formula is C15H17BrN4. The molecule has 1 saturated heterocycles. The van der Waals surface area contributed by atoms with Crippen LogP contribution in [0.2, 0.25) is 0 Å². The molecule has 104 valence electrons. The summed E-state index contributed by atoms with van der Waals surface area (Å²) in [4.78, 5) is 11.4. The van der Waals surface area contributed by atoms with Crippen molar-refractivity contribution >= 4 is 33.4 Å². The summed E-state index contributed by atoms with van der Waals surface area (Å²) >= 11 is 3.54. The zero-order chi connectivity index (χ0) is 13.9. The van der Waals surface area contributed by atoms with E-state index in [1.54, 1.807) is 0 Å². The first-order valence-electron chi connectivity index (χ1n) is 6.84. The quantitative estimate of drug-likeness (QED) is 0.925. The van der Waals surface area contributed by atoms with Crippen LogP contribution in [0.3, 0.4) is 0 Å². The smallest absolute Gasteiger partial charge is 0.227 e. The van der Waals surface area contributed by atoms with Crippen molar-refractivity contribution in [2.45, 2.75) is 19.8 Å². The average molecular weight is 333 g/mol. The van der Waals surface area contributed by atoms with Crippen LogP contribution in [0, 0.1) is 6.92 Å². The first-order valence-corrected chi connectivity index (χ1v) is 7.64. The van der Waals surface area contributed by atoms with E-state index >= 15 is 0 Å². The minimum absolute atomic E-state index is 0.831. The number of aryl methyl sites for hydroxylation is 1. The Balaban J connectivity index is 1.88. The molecule has 1 aliphatic heterocycles. The fourth-order valence-electron chi connectivity index (χ4n) is 2.38. The summed E-state index contributed by atoms with van der Waals surface area (Å²) < 4.78 is 1.03. The molecule has 3 rings (SSSR count). The Hall–Kier alpha value is -1.62. The highest BCUT2D eigenvalue weighted by Gasteiger charge is 2.16. The molecule has 0 saturated carbocycles. The van der Waals surface area contributed by atoms with Gasteiger partial charge in [0.2, 0.25) is 5.95 Å². The third kappa shape index (κ3) is 2.93. The van der Waals surface area contributed by atoms with Crippen molar-refractivity contribution in [3.63, 3.8) is 0 Å². The van der Waals surface area contributed by atoms with E-state index in [2.05, 4.69) is 36.1 Å². The molecule has 0 radical (unpaired) electrons. The van der Waals surface area contributed by atoms with Gasteiger partial charge in [-0.25, -0.2) is 4.98 Å². The largest absolute Gasteiger partial charge is 0.341 e. The summed E-state index contributed by atoms with van der Waals surface area (Å²) in [5, 5.41) is 3.35. The number of halogens is 1. The lowest BCUT2D eigenvalue weighted by Crippen LogP contribution is -2.21. The number of nitrogens with one attached hydrogen (secondary N) is 1. The Morgan fingerprint density at radius 2 is 1.90 bits per heavy atom. The van der Waals surface area contributed by atoms with Gasteiger partial charge in [-0.2, -0.15) is 4.98 Å². The molecule has 2 aromatic rings. The summed E-state index contributed by atoms with van der Waals surface area (Å²) in [7, 11) is 0. The van der Waals surface area contributed by atoms with Crippen molar-refractivity contribution in [2.24, 2.45) is 0 Å². The number of benzene rings is 1. The molecule has 0 amide bonds. The molecular weight excluding hydrogens is 316 g/mol. The molecule has 1 aromatic carbocycles. The Kier molecular flexibility index (Phi) is 3.87. The van der Waals surface area contributed by atoms with Crippen molar-refractivity contribution in [3.05, 3.63) is 40.5 Å². The number of rotatable bonds is 3. The van der Waals surface area contributed by atoms with Crippen molar-refractivity contribution < 1.29 is 0 Å². The van der Waals surface area contributed by atoms with Gasteiger partial charge in [0.1, 0.15) is 5.82 Å². The normalized spacial score (nSPS) is 14.6. The predicted octanol–water partition coefficient (Wildman–Crippen LogP) is 3.89. The first kappa shape index (κ1) is 13.4. The Bertz CT molecular complexity index is 609. The lowest BCUT2D eigenvalue weighted by molar-refractivity contribution is 0.891. The summed E-state index contributed by atoms with van der Waals surface area (Å²) in [6, 6.07) is 10.0. The summed E-state index contributed by atoms with van der Waals surface area (Å²) in [5.41, 5.74) is 1.99. The molecule has 1 aliphatic rings. The minimum atomic E-state index is 0.831. The number of anilines is 3. The van der Waals surface area contributed by atoms with E-state index in [4.69, 9.17) is 0 Å². The molecule has 0 atom stereocenters. The Labute approximate surface area is 127 Å². The number of hydrogen-bond acceptors (Lipinski definition) is 4. The maximum absolute atomic E-state index is 4.63. The monoisotopic (exact) mass is 332 g/mol. The van der Waals surface area contributed by atoms with E-state index in [-0.39, 0.29) is 0 Å². The molecule has 1 aromatic heterocycles. The van der Waals surface area contributed by atoms with E-state index in [0.29, 0.717) is 0 Å². The van der Waals surface area contributed by atoms with Crippen molar-refractivity contribution in [1.29, 1.82) is 0 Å². The third-order valence-corrected chi connectivity index (χ3v) is 4.06. The lowest BCUT2D eigenvalue weighted by Gasteiger charge is -2.17. The van der Waals surface area contributed by atoms with Crippen LogP contribution in [0.15, 0.2) is 34.8 Å². The fraction of sp³-hybridized carbons (Fsp3) is 0.333. The molecule has 0 unspecified atom stereocenters. The standard InChI is InChI=1S/C15H17BrN4/c1-11-10-14(18-13-7-3-2-6-12(13)16)19-15(17-11)20-8-4-5-9-20/h2-3,6-7,10H,4-5,8-9H2,1H3,(H,17,18,19). The number of hydrogen-bond donors (Lipinski definition) is 1. The molecule has 1 N–H and O–H groups in total. The van der Waals surface area contributed by atoms with Gasteiger partial charge < -0.3 is 10.2 Å². The van der Waals surface area contributed by atoms with Crippen LogP contribution in [0.4, 0.5) is 17.5 Å². The maximum Gasteiger partial charge on any atom is 0.227 e. The summed E-state index contributed by atoms with van der Waals surface area (Å²) in [5.74, 6) is 1.67. The van der Waals surface area contributed by atoms with Gasteiger partial charge in [0.15, 0.2) is 0 Å². The van der Waals surface area contributed by atoms with Gasteiger partial charge in [0.25, 0.3) is 0 Å². The Morgan fingerprint density at radius 3 is 2.65 bits per heavy atom. The fourth-order valence-corrected chi connectivity index (χ4v) is 2.76. The highest BCUT2D eigenvalue weighted by atomic mass is 79.9. The van der Waals surface area contributed by atoms with E-state index < -0.39 is 0 Å². The van der Waals surface area contributed by atoms with Gasteiger partial charge in [-0.3, -0.25) is 0 Å². The van der Waals surface area contributed by atoms with Gasteiger partial charge in [-0.15, -0.1) is 0 Å². The van der Waals surface area contributed by atoms with Crippen LogP contribution >= 0.6 is 15.9 Å². The molecule has 1 fully saturated rings. The van der Waals surface area contributed by atoms with E-state index in [0.717, 1.165) is 40.7 Å². The van der Waals surface area contributed by atoms with Crippen LogP contribution in [-0.2, 0) is 0 Å². The number of para-hydroxylation sites is 1. The van der Waals surface area contributed by atoms with Crippen molar-refractivity contribution in [2.75, 3.05) is 23.3 Å². The van der Waals surface area contributed by atoms with Gasteiger partial charge in [0.05, 0.1) is 5.69 Å². The topological polar surface area (TPSA) is 41.1 Å². The number of nitrogens with zero attached hydrogens (tertiary/aromatic N) is 3. The lowest BCUT2D eigenvalue weighted by atomic mass is 10.3. The molecule has 5 heteroatoms. The zero-order valence-electron chi connectivity index (χ0n) is 11.4. The van der Waals surface area contributed by atoms with E-state index in [1.807, 2.05) is 37.3 Å². The number of aromatic nitrogens is 2. The van der Waals surface area contributed by atoms with Crippen LogP contribution in [0.1, 0.15) is 18.5 Å². The van der Waals surface area contributed by atoms with E-state index in [1.165, 1.54) is 12.8 Å². The third-order valence-electron chi connectivity index (χ3n) is 3.37. The zero-order valence-corrected chi connectivity index (χ0v) is 13.0. The van der Waals surface area contributed by atoms with E-state index in [9.17, 15) is 0 Å². The summed E-state index contributed by atoms with van der Waals surface area (Å²) in [6.07, 6.45) is 2.45. The molecule has 20 heavy (non-hydrogen) atoms. The summed E-state index contributed by atoms with van der Waals surface area (Å²) in [6.45, 7) is 4.11. The van der Waals surface area contributed by atoms with Gasteiger partial charge in [-0.05, 0) is 47.8 Å². The van der Waals surface area contributed by atoms with Crippen LogP contribution in [0.5, 0.6) is 0 Å². The predicted molar refractivity (Wildman–Crippen MR) is 85.6 cm³/mol. The molecule has 2 heterocycles. The van der Waals surface area contributed by atoms with Crippen LogP contribution in [0.25, 0.3) is 0 Å². The van der Waals surface area contributed by atoms with Gasteiger partial charge in [0, 0.05) is 29.3 Å². The molecule has 0 aliphatic carbocycles. The second kappa shape index (κ2) is 5.79. The SMILES string of the molecule is Cc1cc(Nc2ccccc2Br)nc(N2CCCC2)n1. The first-order chi connectivity index (χ1) is 9.72. The second-order valence-electron chi connectivity index (χ2n) is 4.99. The van der Waals surface area contributed by atoms with Crippen molar-refractivity contribution in [3.8, 4) is 0 Å².